The highest BCUT2D eigenvalue weighted by Crippen LogP contribution is 2.20. The average Bonchev–Trinajstić information content (AvgIpc) is 2.48. The SMILES string of the molecule is CNC(=O)c1ccc(NC(C)c2ccc(C)cc2)cc1. The number of rotatable bonds is 4. The minimum atomic E-state index is -0.0665. The molecule has 0 aliphatic carbocycles. The monoisotopic (exact) mass is 268 g/mol. The Morgan fingerprint density at radius 2 is 1.60 bits per heavy atom. The molecule has 1 amide bonds. The molecule has 2 N–H and O–H groups in total. The van der Waals surface area contributed by atoms with Crippen molar-refractivity contribution in [3.63, 3.8) is 0 Å². The number of nitrogens with one attached hydrogen (secondary N) is 2. The van der Waals surface area contributed by atoms with Gasteiger partial charge in [0.05, 0.1) is 0 Å². The quantitative estimate of drug-likeness (QED) is 0.890. The number of carbonyl (C=O) groups excluding carboxylic acids is 1. The molecule has 2 aromatic rings. The second-order valence-electron chi connectivity index (χ2n) is 4.93. The Labute approximate surface area is 120 Å². The van der Waals surface area contributed by atoms with Gasteiger partial charge >= 0.3 is 0 Å². The van der Waals surface area contributed by atoms with E-state index < -0.39 is 0 Å². The molecule has 0 aromatic heterocycles. The Kier molecular flexibility index (Phi) is 4.41. The van der Waals surface area contributed by atoms with Crippen molar-refractivity contribution in [2.24, 2.45) is 0 Å². The summed E-state index contributed by atoms with van der Waals surface area (Å²) in [7, 11) is 1.63. The van der Waals surface area contributed by atoms with Crippen LogP contribution >= 0.6 is 0 Å². The topological polar surface area (TPSA) is 41.1 Å². The molecule has 1 unspecified atom stereocenters. The summed E-state index contributed by atoms with van der Waals surface area (Å²) in [4.78, 5) is 11.5. The molecule has 20 heavy (non-hydrogen) atoms. The van der Waals surface area contributed by atoms with E-state index in [4.69, 9.17) is 0 Å². The number of hydrogen-bond acceptors (Lipinski definition) is 2. The van der Waals surface area contributed by atoms with Gasteiger partial charge in [0.2, 0.25) is 0 Å². The van der Waals surface area contributed by atoms with E-state index in [2.05, 4.69) is 48.7 Å². The zero-order chi connectivity index (χ0) is 14.5. The number of amides is 1. The molecule has 0 heterocycles. The van der Waals surface area contributed by atoms with Crippen LogP contribution in [0.2, 0.25) is 0 Å². The smallest absolute Gasteiger partial charge is 0.251 e. The van der Waals surface area contributed by atoms with E-state index in [1.54, 1.807) is 7.05 Å². The van der Waals surface area contributed by atoms with Gasteiger partial charge in [-0.2, -0.15) is 0 Å². The Bertz CT molecular complexity index is 573. The van der Waals surface area contributed by atoms with E-state index in [1.165, 1.54) is 11.1 Å². The van der Waals surface area contributed by atoms with Gasteiger partial charge in [0, 0.05) is 24.3 Å². The van der Waals surface area contributed by atoms with E-state index in [1.807, 2.05) is 24.3 Å². The van der Waals surface area contributed by atoms with Crippen molar-refractivity contribution in [1.29, 1.82) is 0 Å². The summed E-state index contributed by atoms with van der Waals surface area (Å²) in [5, 5.41) is 6.04. The Hall–Kier alpha value is -2.29. The molecule has 0 bridgehead atoms. The van der Waals surface area contributed by atoms with Gasteiger partial charge in [-0.1, -0.05) is 29.8 Å². The molecule has 0 saturated carbocycles. The third-order valence-corrected chi connectivity index (χ3v) is 3.33. The van der Waals surface area contributed by atoms with Crippen molar-refractivity contribution < 1.29 is 4.79 Å². The summed E-state index contributed by atoms with van der Waals surface area (Å²) < 4.78 is 0. The molecule has 104 valence electrons. The lowest BCUT2D eigenvalue weighted by Crippen LogP contribution is -2.17. The van der Waals surface area contributed by atoms with Crippen LogP contribution in [0.5, 0.6) is 0 Å². The summed E-state index contributed by atoms with van der Waals surface area (Å²) in [6, 6.07) is 16.2. The maximum absolute atomic E-state index is 11.5. The highest BCUT2D eigenvalue weighted by Gasteiger charge is 2.06. The van der Waals surface area contributed by atoms with E-state index in [0.29, 0.717) is 5.56 Å². The molecule has 1 atom stereocenters. The van der Waals surface area contributed by atoms with Gasteiger partial charge in [0.25, 0.3) is 5.91 Å². The lowest BCUT2D eigenvalue weighted by molar-refractivity contribution is 0.0963. The van der Waals surface area contributed by atoms with Crippen molar-refractivity contribution in [3.8, 4) is 0 Å². The summed E-state index contributed by atoms with van der Waals surface area (Å²) in [5.41, 5.74) is 4.17. The van der Waals surface area contributed by atoms with Gasteiger partial charge < -0.3 is 10.6 Å². The molecule has 0 aliphatic rings. The van der Waals surface area contributed by atoms with Gasteiger partial charge in [-0.3, -0.25) is 4.79 Å². The van der Waals surface area contributed by atoms with Crippen LogP contribution in [0.1, 0.15) is 34.5 Å². The van der Waals surface area contributed by atoms with Crippen LogP contribution in [0.3, 0.4) is 0 Å². The van der Waals surface area contributed by atoms with Gasteiger partial charge in [-0.15, -0.1) is 0 Å². The van der Waals surface area contributed by atoms with E-state index in [9.17, 15) is 4.79 Å². The first kappa shape index (κ1) is 14.1. The van der Waals surface area contributed by atoms with Gasteiger partial charge in [0.1, 0.15) is 0 Å². The zero-order valence-electron chi connectivity index (χ0n) is 12.1. The lowest BCUT2D eigenvalue weighted by atomic mass is 10.1. The van der Waals surface area contributed by atoms with Crippen molar-refractivity contribution in [2.75, 3.05) is 12.4 Å². The van der Waals surface area contributed by atoms with E-state index in [0.717, 1.165) is 5.69 Å². The summed E-state index contributed by atoms with van der Waals surface area (Å²) >= 11 is 0. The number of benzene rings is 2. The van der Waals surface area contributed by atoms with E-state index >= 15 is 0 Å². The van der Waals surface area contributed by atoms with Crippen molar-refractivity contribution in [3.05, 3.63) is 65.2 Å². The van der Waals surface area contributed by atoms with Crippen LogP contribution in [0.25, 0.3) is 0 Å². The molecular formula is C17H20N2O. The minimum Gasteiger partial charge on any atom is -0.379 e. The molecule has 0 aliphatic heterocycles. The predicted molar refractivity (Wildman–Crippen MR) is 83.0 cm³/mol. The second-order valence-corrected chi connectivity index (χ2v) is 4.93. The fourth-order valence-corrected chi connectivity index (χ4v) is 2.05. The van der Waals surface area contributed by atoms with Crippen molar-refractivity contribution >= 4 is 11.6 Å². The highest BCUT2D eigenvalue weighted by atomic mass is 16.1. The molecule has 3 nitrogen and oxygen atoms in total. The third-order valence-electron chi connectivity index (χ3n) is 3.33. The number of aryl methyl sites for hydroxylation is 1. The maximum atomic E-state index is 11.5. The zero-order valence-corrected chi connectivity index (χ0v) is 12.1. The largest absolute Gasteiger partial charge is 0.379 e. The second kappa shape index (κ2) is 6.24. The standard InChI is InChI=1S/C17H20N2O/c1-12-4-6-14(7-5-12)13(2)19-16-10-8-15(9-11-16)17(20)18-3/h4-11,13,19H,1-3H3,(H,18,20). The van der Waals surface area contributed by atoms with Crippen LogP contribution in [0.4, 0.5) is 5.69 Å². The van der Waals surface area contributed by atoms with Crippen LogP contribution in [-0.4, -0.2) is 13.0 Å². The summed E-state index contributed by atoms with van der Waals surface area (Å²) in [6.07, 6.45) is 0. The van der Waals surface area contributed by atoms with Crippen molar-refractivity contribution in [2.45, 2.75) is 19.9 Å². The fraction of sp³-hybridized carbons (Fsp3) is 0.235. The first-order valence-electron chi connectivity index (χ1n) is 6.75. The van der Waals surface area contributed by atoms with Gasteiger partial charge in [0.15, 0.2) is 0 Å². The molecule has 0 saturated heterocycles. The Morgan fingerprint density at radius 1 is 1.00 bits per heavy atom. The first-order chi connectivity index (χ1) is 9.60. The Balaban J connectivity index is 2.06. The number of anilines is 1. The molecular weight excluding hydrogens is 248 g/mol. The fourth-order valence-electron chi connectivity index (χ4n) is 2.05. The number of carbonyl (C=O) groups is 1. The first-order valence-corrected chi connectivity index (χ1v) is 6.75. The molecule has 0 fully saturated rings. The minimum absolute atomic E-state index is 0.0665. The maximum Gasteiger partial charge on any atom is 0.251 e. The average molecular weight is 268 g/mol. The molecule has 0 spiro atoms. The molecule has 3 heteroatoms. The summed E-state index contributed by atoms with van der Waals surface area (Å²) in [6.45, 7) is 4.21. The highest BCUT2D eigenvalue weighted by molar-refractivity contribution is 5.94. The van der Waals surface area contributed by atoms with Gasteiger partial charge in [-0.05, 0) is 43.7 Å². The van der Waals surface area contributed by atoms with E-state index in [-0.39, 0.29) is 11.9 Å². The lowest BCUT2D eigenvalue weighted by Gasteiger charge is -2.16. The van der Waals surface area contributed by atoms with Crippen LogP contribution in [-0.2, 0) is 0 Å². The third kappa shape index (κ3) is 3.38. The normalized spacial score (nSPS) is 11.8. The predicted octanol–water partition coefficient (Wildman–Crippen LogP) is 3.53. The van der Waals surface area contributed by atoms with Crippen LogP contribution in [0.15, 0.2) is 48.5 Å². The number of hydrogen-bond donors (Lipinski definition) is 2. The van der Waals surface area contributed by atoms with Gasteiger partial charge in [-0.25, -0.2) is 0 Å². The molecule has 2 rings (SSSR count). The molecule has 0 radical (unpaired) electrons. The van der Waals surface area contributed by atoms with Crippen LogP contribution < -0.4 is 10.6 Å². The van der Waals surface area contributed by atoms with Crippen LogP contribution in [0, 0.1) is 6.92 Å². The van der Waals surface area contributed by atoms with Crippen molar-refractivity contribution in [1.82, 2.24) is 5.32 Å². The molecule has 2 aromatic carbocycles. The Morgan fingerprint density at radius 3 is 2.15 bits per heavy atom. The summed E-state index contributed by atoms with van der Waals surface area (Å²) in [5.74, 6) is -0.0665.